The van der Waals surface area contributed by atoms with Crippen LogP contribution in [0.15, 0.2) is 28.8 Å². The van der Waals surface area contributed by atoms with E-state index in [0.29, 0.717) is 30.8 Å². The van der Waals surface area contributed by atoms with Gasteiger partial charge in [0, 0.05) is 12.5 Å². The van der Waals surface area contributed by atoms with Crippen LogP contribution in [0.5, 0.6) is 0 Å². The van der Waals surface area contributed by atoms with E-state index in [1.807, 2.05) is 28.8 Å². The SMILES string of the molecule is CC(O)CNc1nc2ccccc2n1Cc1noc(C2CC2)n1. The summed E-state index contributed by atoms with van der Waals surface area (Å²) in [5, 5.41) is 16.8. The molecule has 7 nitrogen and oxygen atoms in total. The molecule has 3 aromatic rings. The predicted octanol–water partition coefficient (Wildman–Crippen LogP) is 2.14. The number of hydrogen-bond donors (Lipinski definition) is 2. The molecule has 0 radical (unpaired) electrons. The Bertz CT molecular complexity index is 819. The summed E-state index contributed by atoms with van der Waals surface area (Å²) in [6.07, 6.45) is 1.82. The minimum atomic E-state index is -0.449. The fraction of sp³-hybridized carbons (Fsp3) is 0.438. The smallest absolute Gasteiger partial charge is 0.229 e. The molecule has 0 saturated heterocycles. The maximum absolute atomic E-state index is 9.50. The molecule has 1 unspecified atom stereocenters. The van der Waals surface area contributed by atoms with Crippen LogP contribution in [0.3, 0.4) is 0 Å². The Morgan fingerprint density at radius 1 is 1.35 bits per heavy atom. The van der Waals surface area contributed by atoms with E-state index in [2.05, 4.69) is 20.4 Å². The van der Waals surface area contributed by atoms with Crippen LogP contribution in [0.4, 0.5) is 5.95 Å². The highest BCUT2D eigenvalue weighted by Crippen LogP contribution is 2.38. The quantitative estimate of drug-likeness (QED) is 0.725. The number of hydrogen-bond acceptors (Lipinski definition) is 6. The predicted molar refractivity (Wildman–Crippen MR) is 85.3 cm³/mol. The first kappa shape index (κ1) is 14.2. The number of benzene rings is 1. The van der Waals surface area contributed by atoms with Crippen LogP contribution in [0.25, 0.3) is 11.0 Å². The molecule has 4 rings (SSSR count). The summed E-state index contributed by atoms with van der Waals surface area (Å²) in [5.74, 6) is 2.53. The molecule has 0 bridgehead atoms. The number of aliphatic hydroxyl groups is 1. The number of imidazole rings is 1. The largest absolute Gasteiger partial charge is 0.392 e. The van der Waals surface area contributed by atoms with Crippen LogP contribution in [0.2, 0.25) is 0 Å². The highest BCUT2D eigenvalue weighted by atomic mass is 16.5. The first-order valence-electron chi connectivity index (χ1n) is 7.90. The molecule has 1 saturated carbocycles. The summed E-state index contributed by atoms with van der Waals surface area (Å²) >= 11 is 0. The second-order valence-electron chi connectivity index (χ2n) is 6.06. The zero-order chi connectivity index (χ0) is 15.8. The molecule has 7 heteroatoms. The third kappa shape index (κ3) is 2.92. The molecule has 0 spiro atoms. The van der Waals surface area contributed by atoms with Gasteiger partial charge in [-0.05, 0) is 31.9 Å². The van der Waals surface area contributed by atoms with Crippen LogP contribution in [0, 0.1) is 0 Å². The monoisotopic (exact) mass is 313 g/mol. The van der Waals surface area contributed by atoms with Crippen molar-refractivity contribution in [1.82, 2.24) is 19.7 Å². The lowest BCUT2D eigenvalue weighted by Gasteiger charge is -2.10. The van der Waals surface area contributed by atoms with Gasteiger partial charge in [0.2, 0.25) is 11.8 Å². The minimum absolute atomic E-state index is 0.433. The molecule has 2 heterocycles. The molecular weight excluding hydrogens is 294 g/mol. The van der Waals surface area contributed by atoms with E-state index < -0.39 is 6.10 Å². The lowest BCUT2D eigenvalue weighted by atomic mass is 10.3. The third-order valence-electron chi connectivity index (χ3n) is 3.92. The molecule has 2 N–H and O–H groups in total. The maximum Gasteiger partial charge on any atom is 0.229 e. The summed E-state index contributed by atoms with van der Waals surface area (Å²) in [5.41, 5.74) is 1.89. The Hall–Kier alpha value is -2.41. The van der Waals surface area contributed by atoms with Crippen molar-refractivity contribution in [3.63, 3.8) is 0 Å². The van der Waals surface area contributed by atoms with Gasteiger partial charge in [0.05, 0.1) is 23.7 Å². The number of aliphatic hydroxyl groups excluding tert-OH is 1. The zero-order valence-electron chi connectivity index (χ0n) is 12.9. The van der Waals surface area contributed by atoms with Crippen molar-refractivity contribution in [2.45, 2.75) is 38.3 Å². The van der Waals surface area contributed by atoms with Crippen LogP contribution in [-0.4, -0.2) is 37.4 Å². The molecule has 2 aromatic heterocycles. The van der Waals surface area contributed by atoms with E-state index in [9.17, 15) is 5.11 Å². The van der Waals surface area contributed by atoms with Gasteiger partial charge in [0.15, 0.2) is 5.82 Å². The van der Waals surface area contributed by atoms with E-state index >= 15 is 0 Å². The van der Waals surface area contributed by atoms with E-state index in [-0.39, 0.29) is 0 Å². The van der Waals surface area contributed by atoms with Crippen molar-refractivity contribution < 1.29 is 9.63 Å². The van der Waals surface area contributed by atoms with Crippen LogP contribution < -0.4 is 5.32 Å². The lowest BCUT2D eigenvalue weighted by Crippen LogP contribution is -2.18. The van der Waals surface area contributed by atoms with Crippen molar-refractivity contribution in [2.24, 2.45) is 0 Å². The zero-order valence-corrected chi connectivity index (χ0v) is 12.9. The Morgan fingerprint density at radius 3 is 2.96 bits per heavy atom. The van der Waals surface area contributed by atoms with Crippen molar-refractivity contribution in [2.75, 3.05) is 11.9 Å². The first-order valence-corrected chi connectivity index (χ1v) is 7.90. The third-order valence-corrected chi connectivity index (χ3v) is 3.92. The van der Waals surface area contributed by atoms with Gasteiger partial charge in [-0.15, -0.1) is 0 Å². The highest BCUT2D eigenvalue weighted by Gasteiger charge is 2.29. The number of nitrogens with one attached hydrogen (secondary N) is 1. The topological polar surface area (TPSA) is 89.0 Å². The Kier molecular flexibility index (Phi) is 3.49. The van der Waals surface area contributed by atoms with E-state index in [1.165, 1.54) is 0 Å². The summed E-state index contributed by atoms with van der Waals surface area (Å²) in [4.78, 5) is 9.08. The van der Waals surface area contributed by atoms with Gasteiger partial charge in [-0.25, -0.2) is 4.98 Å². The summed E-state index contributed by atoms with van der Waals surface area (Å²) in [6, 6.07) is 7.91. The highest BCUT2D eigenvalue weighted by molar-refractivity contribution is 5.78. The molecule has 23 heavy (non-hydrogen) atoms. The number of anilines is 1. The van der Waals surface area contributed by atoms with Crippen molar-refractivity contribution in [3.05, 3.63) is 36.0 Å². The van der Waals surface area contributed by atoms with Gasteiger partial charge >= 0.3 is 0 Å². The lowest BCUT2D eigenvalue weighted by molar-refractivity contribution is 0.208. The number of nitrogens with zero attached hydrogens (tertiary/aromatic N) is 4. The van der Waals surface area contributed by atoms with Gasteiger partial charge < -0.3 is 19.5 Å². The molecule has 1 aromatic carbocycles. The molecule has 1 fully saturated rings. The van der Waals surface area contributed by atoms with Crippen molar-refractivity contribution >= 4 is 17.0 Å². The average Bonchev–Trinajstić information content (AvgIpc) is 3.19. The van der Waals surface area contributed by atoms with Crippen LogP contribution in [0.1, 0.15) is 37.4 Å². The maximum atomic E-state index is 9.50. The summed E-state index contributed by atoms with van der Waals surface area (Å²) < 4.78 is 7.35. The average molecular weight is 313 g/mol. The first-order chi connectivity index (χ1) is 11.2. The molecule has 120 valence electrons. The Labute approximate surface area is 133 Å². The molecule has 1 atom stereocenters. The second-order valence-corrected chi connectivity index (χ2v) is 6.06. The summed E-state index contributed by atoms with van der Waals surface area (Å²) in [6.45, 7) is 2.66. The standard InChI is InChI=1S/C16H19N5O2/c1-10(22)8-17-16-18-12-4-2-3-5-13(12)21(16)9-14-19-15(23-20-14)11-6-7-11/h2-5,10-11,22H,6-9H2,1H3,(H,17,18). The number of fused-ring (bicyclic) bond motifs is 1. The van der Waals surface area contributed by atoms with E-state index in [1.54, 1.807) is 6.92 Å². The van der Waals surface area contributed by atoms with E-state index in [4.69, 9.17) is 4.52 Å². The van der Waals surface area contributed by atoms with Crippen molar-refractivity contribution in [1.29, 1.82) is 0 Å². The van der Waals surface area contributed by atoms with Crippen LogP contribution >= 0.6 is 0 Å². The van der Waals surface area contributed by atoms with Crippen molar-refractivity contribution in [3.8, 4) is 0 Å². The molecule has 0 aliphatic heterocycles. The van der Waals surface area contributed by atoms with Gasteiger partial charge in [-0.3, -0.25) is 0 Å². The van der Waals surface area contributed by atoms with Gasteiger partial charge in [0.1, 0.15) is 0 Å². The fourth-order valence-electron chi connectivity index (χ4n) is 2.58. The minimum Gasteiger partial charge on any atom is -0.392 e. The number of aromatic nitrogens is 4. The second kappa shape index (κ2) is 5.66. The van der Waals surface area contributed by atoms with Crippen LogP contribution in [-0.2, 0) is 6.54 Å². The molecule has 0 amide bonds. The normalized spacial score (nSPS) is 15.9. The Balaban J connectivity index is 1.66. The Morgan fingerprint density at radius 2 is 2.17 bits per heavy atom. The van der Waals surface area contributed by atoms with Gasteiger partial charge in [-0.1, -0.05) is 17.3 Å². The summed E-state index contributed by atoms with van der Waals surface area (Å²) in [7, 11) is 0. The molecular formula is C16H19N5O2. The van der Waals surface area contributed by atoms with Gasteiger partial charge in [-0.2, -0.15) is 4.98 Å². The van der Waals surface area contributed by atoms with E-state index in [0.717, 1.165) is 29.8 Å². The molecule has 1 aliphatic rings. The number of rotatable bonds is 6. The molecule has 1 aliphatic carbocycles. The number of para-hydroxylation sites is 2. The van der Waals surface area contributed by atoms with Gasteiger partial charge in [0.25, 0.3) is 0 Å². The fourth-order valence-corrected chi connectivity index (χ4v) is 2.58.